The van der Waals surface area contributed by atoms with Gasteiger partial charge in [-0.1, -0.05) is 12.1 Å². The minimum Gasteiger partial charge on any atom is -0.448 e. The fourth-order valence-electron chi connectivity index (χ4n) is 3.40. The van der Waals surface area contributed by atoms with Crippen LogP contribution >= 0.6 is 0 Å². The summed E-state index contributed by atoms with van der Waals surface area (Å²) in [4.78, 5) is 33.3. The van der Waals surface area contributed by atoms with Crippen molar-refractivity contribution in [2.45, 2.75) is 31.7 Å². The number of hydrogen-bond acceptors (Lipinski definition) is 9. The van der Waals surface area contributed by atoms with Crippen LogP contribution in [0.2, 0.25) is 0 Å². The Morgan fingerprint density at radius 3 is 2.55 bits per heavy atom. The van der Waals surface area contributed by atoms with Gasteiger partial charge in [-0.05, 0) is 62.7 Å². The van der Waals surface area contributed by atoms with Gasteiger partial charge < -0.3 is 25.8 Å². The Labute approximate surface area is 222 Å². The maximum Gasteiger partial charge on any atom is 0.442 e. The highest BCUT2D eigenvalue weighted by Gasteiger charge is 2.15. The van der Waals surface area contributed by atoms with Gasteiger partial charge in [-0.3, -0.25) is 4.79 Å². The fourth-order valence-corrected chi connectivity index (χ4v) is 4.48. The summed E-state index contributed by atoms with van der Waals surface area (Å²) in [6.45, 7) is 5.87. The van der Waals surface area contributed by atoms with Gasteiger partial charge in [0, 0.05) is 46.7 Å². The number of carbonyl (C=O) groups is 2. The maximum absolute atomic E-state index is 12.8. The number of nitrogens with zero attached hydrogens (tertiary/aromatic N) is 3. The Bertz CT molecular complexity index is 1400. The highest BCUT2D eigenvalue weighted by molar-refractivity contribution is 7.93. The van der Waals surface area contributed by atoms with Crippen LogP contribution in [-0.2, 0) is 14.5 Å². The highest BCUT2D eigenvalue weighted by Crippen LogP contribution is 2.29. The third kappa shape index (κ3) is 7.49. The standard InChI is InChI=1S/C26H32N6O5S/c1-5-27-24(34)19-9-7-8-18(14-19)22-15-28-25(31-23(22)29-17(3)16-33)30-20-10-12-21(13-11-20)38(4,36)32-26(35)37-6-2/h7-15,17,33H,5-6,16H2,1-4H3,(H,27,34)(H2,28,29,30,31)/t17-,38?/m1/s1. The van der Waals surface area contributed by atoms with Gasteiger partial charge >= 0.3 is 6.09 Å². The number of amides is 2. The predicted octanol–water partition coefficient (Wildman–Crippen LogP) is 4.04. The third-order valence-electron chi connectivity index (χ3n) is 5.28. The zero-order valence-corrected chi connectivity index (χ0v) is 22.5. The molecule has 1 aromatic heterocycles. The number of nitrogens with one attached hydrogen (secondary N) is 3. The van der Waals surface area contributed by atoms with Crippen molar-refractivity contribution in [1.82, 2.24) is 15.3 Å². The van der Waals surface area contributed by atoms with E-state index in [9.17, 15) is 18.9 Å². The number of carbonyl (C=O) groups excluding carboxylic acids is 2. The van der Waals surface area contributed by atoms with Crippen LogP contribution < -0.4 is 16.0 Å². The van der Waals surface area contributed by atoms with Crippen LogP contribution in [0.15, 0.2) is 64.0 Å². The van der Waals surface area contributed by atoms with Crippen LogP contribution in [0.5, 0.6) is 0 Å². The number of benzene rings is 2. The summed E-state index contributed by atoms with van der Waals surface area (Å²) >= 11 is 0. The van der Waals surface area contributed by atoms with Crippen molar-refractivity contribution in [3.8, 4) is 11.1 Å². The summed E-state index contributed by atoms with van der Waals surface area (Å²) in [7, 11) is -2.96. The Hall–Kier alpha value is -4.03. The first-order valence-corrected chi connectivity index (χ1v) is 14.0. The first-order valence-electron chi connectivity index (χ1n) is 12.1. The molecule has 0 aliphatic carbocycles. The average Bonchev–Trinajstić information content (AvgIpc) is 2.89. The summed E-state index contributed by atoms with van der Waals surface area (Å²) in [5, 5.41) is 18.6. The molecule has 0 bridgehead atoms. The maximum atomic E-state index is 12.8. The molecule has 1 heterocycles. The number of rotatable bonds is 10. The molecule has 12 heteroatoms. The number of ether oxygens (including phenoxy) is 1. The van der Waals surface area contributed by atoms with Gasteiger partial charge in [0.1, 0.15) is 5.82 Å². The molecule has 0 saturated carbocycles. The second-order valence-corrected chi connectivity index (χ2v) is 10.6. The first kappa shape index (κ1) is 28.5. The Kier molecular flexibility index (Phi) is 9.74. The van der Waals surface area contributed by atoms with E-state index in [0.29, 0.717) is 34.1 Å². The van der Waals surface area contributed by atoms with Gasteiger partial charge in [-0.25, -0.2) is 14.0 Å². The Balaban J connectivity index is 1.90. The van der Waals surface area contributed by atoms with E-state index in [1.54, 1.807) is 55.6 Å². The van der Waals surface area contributed by atoms with E-state index in [0.717, 1.165) is 5.56 Å². The lowest BCUT2D eigenvalue weighted by atomic mass is 10.0. The minimum atomic E-state index is -2.96. The van der Waals surface area contributed by atoms with Crippen molar-refractivity contribution in [3.63, 3.8) is 0 Å². The third-order valence-corrected chi connectivity index (χ3v) is 6.93. The number of anilines is 3. The Morgan fingerprint density at radius 1 is 1.16 bits per heavy atom. The molecule has 202 valence electrons. The topological polar surface area (TPSA) is 155 Å². The number of hydrogen-bond donors (Lipinski definition) is 4. The number of aliphatic hydroxyl groups excluding tert-OH is 1. The lowest BCUT2D eigenvalue weighted by Crippen LogP contribution is -2.22. The van der Waals surface area contributed by atoms with Gasteiger partial charge in [-0.15, -0.1) is 4.36 Å². The number of aromatic nitrogens is 2. The molecule has 0 aliphatic heterocycles. The molecular weight excluding hydrogens is 508 g/mol. The zero-order valence-electron chi connectivity index (χ0n) is 21.7. The van der Waals surface area contributed by atoms with Crippen molar-refractivity contribution in [2.75, 3.05) is 36.6 Å². The summed E-state index contributed by atoms with van der Waals surface area (Å²) in [5.74, 6) is 0.572. The van der Waals surface area contributed by atoms with E-state index in [1.807, 2.05) is 19.9 Å². The first-order chi connectivity index (χ1) is 18.2. The fraction of sp³-hybridized carbons (Fsp3) is 0.308. The van der Waals surface area contributed by atoms with E-state index in [1.165, 1.54) is 6.26 Å². The van der Waals surface area contributed by atoms with E-state index in [2.05, 4.69) is 30.3 Å². The largest absolute Gasteiger partial charge is 0.448 e. The molecule has 4 N–H and O–H groups in total. The molecule has 2 aromatic carbocycles. The molecule has 3 aromatic rings. The molecule has 3 rings (SSSR count). The molecule has 2 amide bonds. The lowest BCUT2D eigenvalue weighted by molar-refractivity contribution is 0.0955. The molecule has 0 saturated heterocycles. The second kappa shape index (κ2) is 13.0. The van der Waals surface area contributed by atoms with Crippen LogP contribution in [-0.4, -0.2) is 63.3 Å². The average molecular weight is 541 g/mol. The van der Waals surface area contributed by atoms with Crippen LogP contribution in [0, 0.1) is 0 Å². The monoisotopic (exact) mass is 540 g/mol. The molecule has 1 unspecified atom stereocenters. The normalized spacial score (nSPS) is 13.1. The van der Waals surface area contributed by atoms with Gasteiger partial charge in [-0.2, -0.15) is 4.98 Å². The van der Waals surface area contributed by atoms with Crippen molar-refractivity contribution in [3.05, 3.63) is 60.3 Å². The molecule has 0 fully saturated rings. The molecular formula is C26H32N6O5S. The molecule has 2 atom stereocenters. The SMILES string of the molecule is CCNC(=O)c1cccc(-c2cnc(Nc3ccc(S(C)(=O)=NC(=O)OCC)cc3)nc2N[C@H](C)CO)c1. The summed E-state index contributed by atoms with van der Waals surface area (Å²) in [6.07, 6.45) is 2.13. The van der Waals surface area contributed by atoms with Crippen molar-refractivity contribution in [2.24, 2.45) is 4.36 Å². The van der Waals surface area contributed by atoms with Gasteiger partial charge in [0.25, 0.3) is 5.91 Å². The lowest BCUT2D eigenvalue weighted by Gasteiger charge is -2.17. The van der Waals surface area contributed by atoms with Gasteiger partial charge in [0.15, 0.2) is 0 Å². The van der Waals surface area contributed by atoms with Gasteiger partial charge in [0.2, 0.25) is 5.95 Å². The molecule has 0 spiro atoms. The number of aliphatic hydroxyl groups is 1. The molecule has 11 nitrogen and oxygen atoms in total. The van der Waals surface area contributed by atoms with E-state index < -0.39 is 15.8 Å². The summed E-state index contributed by atoms with van der Waals surface area (Å²) < 4.78 is 21.3. The van der Waals surface area contributed by atoms with Gasteiger partial charge in [0.05, 0.1) is 22.9 Å². The van der Waals surface area contributed by atoms with E-state index in [4.69, 9.17) is 4.74 Å². The summed E-state index contributed by atoms with van der Waals surface area (Å²) in [6, 6.07) is 13.4. The zero-order chi connectivity index (χ0) is 27.7. The van der Waals surface area contributed by atoms with E-state index >= 15 is 0 Å². The van der Waals surface area contributed by atoms with E-state index in [-0.39, 0.29) is 31.1 Å². The Morgan fingerprint density at radius 2 is 1.89 bits per heavy atom. The second-order valence-electron chi connectivity index (χ2n) is 8.37. The highest BCUT2D eigenvalue weighted by atomic mass is 32.2. The van der Waals surface area contributed by atoms with Crippen molar-refractivity contribution in [1.29, 1.82) is 0 Å². The quantitative estimate of drug-likeness (QED) is 0.298. The molecule has 0 radical (unpaired) electrons. The summed E-state index contributed by atoms with van der Waals surface area (Å²) in [5.41, 5.74) is 2.52. The van der Waals surface area contributed by atoms with Crippen LogP contribution in [0.3, 0.4) is 0 Å². The smallest absolute Gasteiger partial charge is 0.442 e. The van der Waals surface area contributed by atoms with Crippen molar-refractivity contribution >= 4 is 39.2 Å². The molecule has 0 aliphatic rings. The van der Waals surface area contributed by atoms with Crippen LogP contribution in [0.25, 0.3) is 11.1 Å². The van der Waals surface area contributed by atoms with Crippen LogP contribution in [0.4, 0.5) is 22.2 Å². The van der Waals surface area contributed by atoms with Crippen LogP contribution in [0.1, 0.15) is 31.1 Å². The van der Waals surface area contributed by atoms with Crippen molar-refractivity contribution < 1.29 is 23.6 Å². The molecule has 38 heavy (non-hydrogen) atoms. The predicted molar refractivity (Wildman–Crippen MR) is 147 cm³/mol. The minimum absolute atomic E-state index is 0.111.